The summed E-state index contributed by atoms with van der Waals surface area (Å²) in [6.45, 7) is 3.05. The molecule has 5 N–H and O–H groups in total. The second kappa shape index (κ2) is 11.7. The minimum Gasteiger partial charge on any atom is -0.370 e. The molecule has 0 aliphatic heterocycles. The van der Waals surface area contributed by atoms with Gasteiger partial charge in [-0.2, -0.15) is 8.42 Å². The van der Waals surface area contributed by atoms with Gasteiger partial charge in [-0.15, -0.1) is 0 Å². The summed E-state index contributed by atoms with van der Waals surface area (Å²) in [6, 6.07) is 21.9. The van der Waals surface area contributed by atoms with E-state index < -0.39 is 10.1 Å². The van der Waals surface area contributed by atoms with Crippen LogP contribution < -0.4 is 11.1 Å². The van der Waals surface area contributed by atoms with Crippen LogP contribution in [0.4, 0.5) is 0 Å². The molecule has 3 aromatic carbocycles. The van der Waals surface area contributed by atoms with E-state index in [0.717, 1.165) is 29.6 Å². The molecule has 0 unspecified atom stereocenters. The molecule has 0 saturated heterocycles. The van der Waals surface area contributed by atoms with Crippen LogP contribution in [0, 0.1) is 6.92 Å². The zero-order valence-corrected chi connectivity index (χ0v) is 20.3. The molecule has 0 saturated carbocycles. The summed E-state index contributed by atoms with van der Waals surface area (Å²) in [4.78, 5) is 7.54. The number of aromatic nitrogens is 1. The lowest BCUT2D eigenvalue weighted by atomic mass is 10.1. The Labute approximate surface area is 204 Å². The van der Waals surface area contributed by atoms with Crippen LogP contribution in [0.1, 0.15) is 16.7 Å². The van der Waals surface area contributed by atoms with Crippen molar-refractivity contribution in [1.29, 1.82) is 0 Å². The molecular formula is C25H27ClN4O3S. The number of para-hydroxylation sites is 1. The smallest absolute Gasteiger partial charge is 0.294 e. The first-order valence-electron chi connectivity index (χ1n) is 10.6. The maximum atomic E-state index is 10.5. The van der Waals surface area contributed by atoms with Gasteiger partial charge in [-0.3, -0.25) is 4.55 Å². The monoisotopic (exact) mass is 498 g/mol. The number of aliphatic imine (C=N–C) groups is 1. The molecule has 7 nitrogen and oxygen atoms in total. The standard InChI is InChI=1S/C18H19ClN4.C7H8O3S/c19-16-7-3-1-5-14(16)12-23-18(20)21-10-9-13-11-22-17-8-4-2-6-15(13)17;1-6-2-4-7(5-3-6)11(8,9)10/h1-8,11,22H,9-10,12H2,(H3,20,21,23);2-5H,1H3,(H,8,9,10). The summed E-state index contributed by atoms with van der Waals surface area (Å²) in [6.07, 6.45) is 2.93. The normalized spacial score (nSPS) is 11.7. The van der Waals surface area contributed by atoms with Crippen LogP contribution in [0.25, 0.3) is 10.9 Å². The van der Waals surface area contributed by atoms with Gasteiger partial charge in [0.05, 0.1) is 11.4 Å². The number of nitrogens with two attached hydrogens (primary N) is 1. The van der Waals surface area contributed by atoms with E-state index in [1.54, 1.807) is 12.1 Å². The average Bonchev–Trinajstić information content (AvgIpc) is 3.22. The Morgan fingerprint density at radius 1 is 1.03 bits per heavy atom. The Hall–Kier alpha value is -3.33. The third-order valence-corrected chi connectivity index (χ3v) is 6.31. The molecule has 178 valence electrons. The number of aryl methyl sites for hydroxylation is 1. The van der Waals surface area contributed by atoms with E-state index in [-0.39, 0.29) is 4.90 Å². The molecule has 0 aliphatic rings. The van der Waals surface area contributed by atoms with Gasteiger partial charge in [-0.25, -0.2) is 4.99 Å². The van der Waals surface area contributed by atoms with E-state index >= 15 is 0 Å². The molecule has 0 amide bonds. The van der Waals surface area contributed by atoms with Gasteiger partial charge in [-0.1, -0.05) is 65.7 Å². The number of nitrogens with zero attached hydrogens (tertiary/aromatic N) is 1. The summed E-state index contributed by atoms with van der Waals surface area (Å²) < 4.78 is 29.6. The molecule has 4 rings (SSSR count). The summed E-state index contributed by atoms with van der Waals surface area (Å²) in [5.74, 6) is 0.435. The zero-order chi connectivity index (χ0) is 24.6. The number of hydrogen-bond acceptors (Lipinski definition) is 3. The largest absolute Gasteiger partial charge is 0.370 e. The maximum Gasteiger partial charge on any atom is 0.294 e. The number of H-pyrrole nitrogens is 1. The average molecular weight is 499 g/mol. The minimum absolute atomic E-state index is 0.0666. The van der Waals surface area contributed by atoms with E-state index in [1.165, 1.54) is 23.1 Å². The molecule has 0 aliphatic carbocycles. The number of guanidine groups is 1. The Morgan fingerprint density at radius 3 is 2.41 bits per heavy atom. The van der Waals surface area contributed by atoms with Gasteiger partial charge >= 0.3 is 0 Å². The molecule has 0 spiro atoms. The fraction of sp³-hybridized carbons (Fsp3) is 0.160. The van der Waals surface area contributed by atoms with Gasteiger partial charge in [0.15, 0.2) is 5.96 Å². The van der Waals surface area contributed by atoms with Gasteiger partial charge in [0.2, 0.25) is 0 Å². The lowest BCUT2D eigenvalue weighted by molar-refractivity contribution is 0.483. The van der Waals surface area contributed by atoms with Gasteiger partial charge in [0.1, 0.15) is 0 Å². The predicted molar refractivity (Wildman–Crippen MR) is 138 cm³/mol. The minimum atomic E-state index is -4.02. The summed E-state index contributed by atoms with van der Waals surface area (Å²) in [7, 11) is -4.02. The van der Waals surface area contributed by atoms with Crippen molar-refractivity contribution in [2.45, 2.75) is 24.8 Å². The van der Waals surface area contributed by atoms with Crippen molar-refractivity contribution in [2.75, 3.05) is 6.54 Å². The van der Waals surface area contributed by atoms with Crippen LogP contribution in [0.2, 0.25) is 5.02 Å². The van der Waals surface area contributed by atoms with Crippen molar-refractivity contribution in [3.05, 3.63) is 101 Å². The van der Waals surface area contributed by atoms with Crippen LogP contribution in [0.3, 0.4) is 0 Å². The Kier molecular flexibility index (Phi) is 8.70. The number of halogens is 1. The summed E-state index contributed by atoms with van der Waals surface area (Å²) in [5, 5.41) is 5.11. The van der Waals surface area contributed by atoms with E-state index in [1.807, 2.05) is 49.5 Å². The molecule has 9 heteroatoms. The number of hydrogen-bond donors (Lipinski definition) is 4. The van der Waals surface area contributed by atoms with Gasteiger partial charge in [-0.05, 0) is 48.7 Å². The van der Waals surface area contributed by atoms with E-state index in [4.69, 9.17) is 21.9 Å². The first-order chi connectivity index (χ1) is 16.2. The van der Waals surface area contributed by atoms with E-state index in [9.17, 15) is 8.42 Å². The number of nitrogens with one attached hydrogen (secondary N) is 2. The van der Waals surface area contributed by atoms with Crippen molar-refractivity contribution in [1.82, 2.24) is 10.3 Å². The van der Waals surface area contributed by atoms with Crippen molar-refractivity contribution >= 4 is 38.6 Å². The van der Waals surface area contributed by atoms with Gasteiger partial charge in [0, 0.05) is 28.7 Å². The molecule has 4 aromatic rings. The van der Waals surface area contributed by atoms with E-state index in [0.29, 0.717) is 17.5 Å². The summed E-state index contributed by atoms with van der Waals surface area (Å²) in [5.41, 5.74) is 10.3. The van der Waals surface area contributed by atoms with Crippen molar-refractivity contribution < 1.29 is 13.0 Å². The molecule has 34 heavy (non-hydrogen) atoms. The number of fused-ring (bicyclic) bond motifs is 1. The highest BCUT2D eigenvalue weighted by atomic mass is 35.5. The zero-order valence-electron chi connectivity index (χ0n) is 18.7. The molecule has 1 aromatic heterocycles. The lowest BCUT2D eigenvalue weighted by Crippen LogP contribution is -2.33. The van der Waals surface area contributed by atoms with Crippen molar-refractivity contribution in [3.63, 3.8) is 0 Å². The topological polar surface area (TPSA) is 121 Å². The number of rotatable bonds is 6. The highest BCUT2D eigenvalue weighted by Gasteiger charge is 2.07. The van der Waals surface area contributed by atoms with Crippen LogP contribution in [0.5, 0.6) is 0 Å². The Bertz CT molecular complexity index is 1370. The quantitative estimate of drug-likeness (QED) is 0.174. The van der Waals surface area contributed by atoms with Gasteiger partial charge < -0.3 is 16.0 Å². The SMILES string of the molecule is Cc1ccc(S(=O)(=O)O)cc1.NC(=NCc1ccccc1Cl)NCCc1c[nH]c2ccccc12. The van der Waals surface area contributed by atoms with Crippen LogP contribution >= 0.6 is 11.6 Å². The highest BCUT2D eigenvalue weighted by Crippen LogP contribution is 2.18. The molecule has 0 fully saturated rings. The molecule has 1 heterocycles. The van der Waals surface area contributed by atoms with Crippen LogP contribution in [-0.4, -0.2) is 30.5 Å². The Balaban J connectivity index is 0.000000248. The molecule has 0 atom stereocenters. The maximum absolute atomic E-state index is 10.5. The Morgan fingerprint density at radius 2 is 1.71 bits per heavy atom. The fourth-order valence-corrected chi connectivity index (χ4v) is 3.90. The second-order valence-corrected chi connectivity index (χ2v) is 9.45. The van der Waals surface area contributed by atoms with Crippen LogP contribution in [0.15, 0.2) is 88.9 Å². The van der Waals surface area contributed by atoms with Crippen molar-refractivity contribution in [2.24, 2.45) is 10.7 Å². The first kappa shape index (κ1) is 25.3. The third kappa shape index (κ3) is 7.34. The lowest BCUT2D eigenvalue weighted by Gasteiger charge is -2.06. The van der Waals surface area contributed by atoms with Crippen molar-refractivity contribution in [3.8, 4) is 0 Å². The highest BCUT2D eigenvalue weighted by molar-refractivity contribution is 7.85. The number of benzene rings is 3. The molecular weight excluding hydrogens is 472 g/mol. The van der Waals surface area contributed by atoms with Crippen LogP contribution in [-0.2, 0) is 23.1 Å². The second-order valence-electron chi connectivity index (χ2n) is 7.62. The van der Waals surface area contributed by atoms with E-state index in [2.05, 4.69) is 27.4 Å². The fourth-order valence-electron chi connectivity index (χ4n) is 3.23. The number of aromatic amines is 1. The predicted octanol–water partition coefficient (Wildman–Crippen LogP) is 4.71. The van der Waals surface area contributed by atoms with Gasteiger partial charge in [0.25, 0.3) is 10.1 Å². The molecule has 0 radical (unpaired) electrons. The summed E-state index contributed by atoms with van der Waals surface area (Å²) >= 11 is 6.10. The molecule has 0 bridgehead atoms. The first-order valence-corrected chi connectivity index (χ1v) is 12.4. The third-order valence-electron chi connectivity index (χ3n) is 5.07.